The first-order valence-electron chi connectivity index (χ1n) is 7.57. The molecule has 0 spiro atoms. The highest BCUT2D eigenvalue weighted by atomic mass is 35.5. The highest BCUT2D eigenvalue weighted by molar-refractivity contribution is 7.13. The van der Waals surface area contributed by atoms with Gasteiger partial charge in [0, 0.05) is 33.8 Å². The van der Waals surface area contributed by atoms with Gasteiger partial charge in [-0.3, -0.25) is 4.79 Å². The summed E-state index contributed by atoms with van der Waals surface area (Å²) in [7, 11) is 0. The van der Waals surface area contributed by atoms with E-state index in [0.717, 1.165) is 27.2 Å². The van der Waals surface area contributed by atoms with Crippen molar-refractivity contribution < 1.29 is 4.79 Å². The van der Waals surface area contributed by atoms with Gasteiger partial charge < -0.3 is 5.32 Å². The maximum Gasteiger partial charge on any atom is 0.255 e. The number of rotatable bonds is 3. The van der Waals surface area contributed by atoms with Crippen LogP contribution in [0.4, 0.5) is 5.69 Å². The van der Waals surface area contributed by atoms with Crippen molar-refractivity contribution in [3.63, 3.8) is 0 Å². The van der Waals surface area contributed by atoms with Crippen LogP contribution in [0.2, 0.25) is 5.15 Å². The van der Waals surface area contributed by atoms with E-state index in [0.29, 0.717) is 10.7 Å². The van der Waals surface area contributed by atoms with Crippen LogP contribution in [0.15, 0.2) is 66.2 Å². The molecule has 4 nitrogen and oxygen atoms in total. The molecule has 2 aromatic carbocycles. The van der Waals surface area contributed by atoms with Crippen molar-refractivity contribution in [3.05, 3.63) is 76.9 Å². The number of hydrogen-bond acceptors (Lipinski definition) is 4. The van der Waals surface area contributed by atoms with Gasteiger partial charge in [0.1, 0.15) is 10.2 Å². The summed E-state index contributed by atoms with van der Waals surface area (Å²) in [6.45, 7) is 0. The van der Waals surface area contributed by atoms with E-state index in [-0.39, 0.29) is 5.91 Å². The fourth-order valence-corrected chi connectivity index (χ4v) is 3.31. The summed E-state index contributed by atoms with van der Waals surface area (Å²) >= 11 is 7.46. The van der Waals surface area contributed by atoms with Gasteiger partial charge in [-0.1, -0.05) is 11.6 Å². The Hall–Kier alpha value is -2.76. The number of carbonyl (C=O) groups excluding carboxylic acids is 1. The van der Waals surface area contributed by atoms with Crippen molar-refractivity contribution in [2.75, 3.05) is 5.32 Å². The summed E-state index contributed by atoms with van der Waals surface area (Å²) in [6.07, 6.45) is 1.78. The number of hydrogen-bond donors (Lipinski definition) is 1. The van der Waals surface area contributed by atoms with Gasteiger partial charge in [-0.15, -0.1) is 11.3 Å². The standard InChI is InChI=1S/C19H12ClN3OS/c20-17-8-4-13-11-14(3-7-16(13)23-17)18(24)22-15-5-1-12(2-6-15)19-21-9-10-25-19/h1-11H,(H,22,24). The first kappa shape index (κ1) is 15.7. The van der Waals surface area contributed by atoms with Gasteiger partial charge >= 0.3 is 0 Å². The van der Waals surface area contributed by atoms with Gasteiger partial charge in [0.2, 0.25) is 0 Å². The molecule has 0 aliphatic heterocycles. The minimum absolute atomic E-state index is 0.168. The van der Waals surface area contributed by atoms with Gasteiger partial charge in [-0.05, 0) is 54.6 Å². The summed E-state index contributed by atoms with van der Waals surface area (Å²) in [5.41, 5.74) is 3.10. The number of anilines is 1. The minimum atomic E-state index is -0.168. The lowest BCUT2D eigenvalue weighted by Gasteiger charge is -2.07. The van der Waals surface area contributed by atoms with Crippen molar-refractivity contribution in [3.8, 4) is 10.6 Å². The van der Waals surface area contributed by atoms with Gasteiger partial charge in [-0.2, -0.15) is 0 Å². The van der Waals surface area contributed by atoms with Crippen LogP contribution < -0.4 is 5.32 Å². The summed E-state index contributed by atoms with van der Waals surface area (Å²) < 4.78 is 0. The van der Waals surface area contributed by atoms with Gasteiger partial charge in [-0.25, -0.2) is 9.97 Å². The number of pyridine rings is 1. The van der Waals surface area contributed by atoms with E-state index in [2.05, 4.69) is 15.3 Å². The van der Waals surface area contributed by atoms with Crippen molar-refractivity contribution in [2.24, 2.45) is 0 Å². The van der Waals surface area contributed by atoms with E-state index in [4.69, 9.17) is 11.6 Å². The van der Waals surface area contributed by atoms with E-state index in [1.807, 2.05) is 35.7 Å². The molecule has 122 valence electrons. The van der Waals surface area contributed by atoms with Crippen LogP contribution in [-0.4, -0.2) is 15.9 Å². The van der Waals surface area contributed by atoms with Crippen LogP contribution in [0, 0.1) is 0 Å². The van der Waals surface area contributed by atoms with Crippen LogP contribution in [0.25, 0.3) is 21.5 Å². The zero-order chi connectivity index (χ0) is 17.2. The molecule has 0 saturated carbocycles. The molecule has 4 rings (SSSR count). The number of halogens is 1. The Morgan fingerprint density at radius 2 is 1.88 bits per heavy atom. The zero-order valence-electron chi connectivity index (χ0n) is 12.9. The number of nitrogens with one attached hydrogen (secondary N) is 1. The molecule has 0 aliphatic rings. The molecule has 1 amide bonds. The molecule has 4 aromatic rings. The molecule has 25 heavy (non-hydrogen) atoms. The molecule has 0 atom stereocenters. The second kappa shape index (κ2) is 6.63. The van der Waals surface area contributed by atoms with Crippen molar-refractivity contribution in [1.29, 1.82) is 0 Å². The fraction of sp³-hybridized carbons (Fsp3) is 0. The Morgan fingerprint density at radius 1 is 1.04 bits per heavy atom. The number of benzene rings is 2. The van der Waals surface area contributed by atoms with Crippen LogP contribution in [0.3, 0.4) is 0 Å². The maximum atomic E-state index is 12.5. The molecule has 0 radical (unpaired) electrons. The highest BCUT2D eigenvalue weighted by Crippen LogP contribution is 2.24. The van der Waals surface area contributed by atoms with Crippen molar-refractivity contribution in [2.45, 2.75) is 0 Å². The topological polar surface area (TPSA) is 54.9 Å². The molecule has 6 heteroatoms. The van der Waals surface area contributed by atoms with Gasteiger partial charge in [0.25, 0.3) is 5.91 Å². The highest BCUT2D eigenvalue weighted by Gasteiger charge is 2.08. The second-order valence-corrected chi connectivity index (χ2v) is 6.69. The Balaban J connectivity index is 1.54. The Kier molecular flexibility index (Phi) is 4.17. The predicted molar refractivity (Wildman–Crippen MR) is 102 cm³/mol. The summed E-state index contributed by atoms with van der Waals surface area (Å²) in [6, 6.07) is 16.5. The summed E-state index contributed by atoms with van der Waals surface area (Å²) in [4.78, 5) is 21.0. The summed E-state index contributed by atoms with van der Waals surface area (Å²) in [5.74, 6) is -0.168. The first-order chi connectivity index (χ1) is 12.2. The SMILES string of the molecule is O=C(Nc1ccc(-c2nccs2)cc1)c1ccc2nc(Cl)ccc2c1. The zero-order valence-corrected chi connectivity index (χ0v) is 14.5. The average Bonchev–Trinajstić information content (AvgIpc) is 3.16. The third-order valence-electron chi connectivity index (χ3n) is 3.74. The molecule has 0 fully saturated rings. The number of fused-ring (bicyclic) bond motifs is 1. The molecule has 0 aliphatic carbocycles. The molecule has 0 unspecified atom stereocenters. The van der Waals surface area contributed by atoms with Crippen LogP contribution in [-0.2, 0) is 0 Å². The number of nitrogens with zero attached hydrogens (tertiary/aromatic N) is 2. The van der Waals surface area contributed by atoms with Crippen molar-refractivity contribution in [1.82, 2.24) is 9.97 Å². The number of aromatic nitrogens is 2. The fourth-order valence-electron chi connectivity index (χ4n) is 2.51. The smallest absolute Gasteiger partial charge is 0.255 e. The van der Waals surface area contributed by atoms with E-state index in [9.17, 15) is 4.79 Å². The molecular weight excluding hydrogens is 354 g/mol. The Morgan fingerprint density at radius 3 is 2.64 bits per heavy atom. The van der Waals surface area contributed by atoms with E-state index in [1.54, 1.807) is 41.8 Å². The second-order valence-electron chi connectivity index (χ2n) is 5.41. The normalized spacial score (nSPS) is 10.8. The monoisotopic (exact) mass is 365 g/mol. The first-order valence-corrected chi connectivity index (χ1v) is 8.82. The van der Waals surface area contributed by atoms with E-state index >= 15 is 0 Å². The lowest BCUT2D eigenvalue weighted by Crippen LogP contribution is -2.11. The lowest BCUT2D eigenvalue weighted by molar-refractivity contribution is 0.102. The number of thiazole rings is 1. The van der Waals surface area contributed by atoms with Crippen molar-refractivity contribution >= 4 is 45.4 Å². The molecule has 1 N–H and O–H groups in total. The van der Waals surface area contributed by atoms with Gasteiger partial charge in [0.05, 0.1) is 5.52 Å². The Bertz CT molecular complexity index is 1050. The Labute approximate surface area is 153 Å². The molecule has 2 heterocycles. The molecule has 0 saturated heterocycles. The van der Waals surface area contributed by atoms with E-state index < -0.39 is 0 Å². The molecule has 0 bridgehead atoms. The maximum absolute atomic E-state index is 12.5. The summed E-state index contributed by atoms with van der Waals surface area (Å²) in [5, 5.41) is 7.11. The molecule has 2 aromatic heterocycles. The van der Waals surface area contributed by atoms with Gasteiger partial charge in [0.15, 0.2) is 0 Å². The van der Waals surface area contributed by atoms with Crippen LogP contribution in [0.5, 0.6) is 0 Å². The third kappa shape index (κ3) is 3.38. The lowest BCUT2D eigenvalue weighted by atomic mass is 10.1. The van der Waals surface area contributed by atoms with Crippen LogP contribution in [0.1, 0.15) is 10.4 Å². The molecular formula is C19H12ClN3OS. The average molecular weight is 366 g/mol. The quantitative estimate of drug-likeness (QED) is 0.503. The van der Waals surface area contributed by atoms with E-state index in [1.165, 1.54) is 0 Å². The minimum Gasteiger partial charge on any atom is -0.322 e. The van der Waals surface area contributed by atoms with Crippen LogP contribution >= 0.6 is 22.9 Å². The number of amides is 1. The third-order valence-corrected chi connectivity index (χ3v) is 4.77. The number of carbonyl (C=O) groups is 1. The predicted octanol–water partition coefficient (Wildman–Crippen LogP) is 5.26. The largest absolute Gasteiger partial charge is 0.322 e.